The SMILES string of the molecule is CCOC(C)c1ccc2c(c1C(=O)[O-])Cc1ccccc1O2.[Na+]. The molecular formula is C18H17NaO4. The summed E-state index contributed by atoms with van der Waals surface area (Å²) in [5.74, 6) is 0.150. The second-order valence-electron chi connectivity index (χ2n) is 5.28. The summed E-state index contributed by atoms with van der Waals surface area (Å²) in [6.45, 7) is 4.24. The first-order valence-corrected chi connectivity index (χ1v) is 7.36. The maximum atomic E-state index is 11.7. The van der Waals surface area contributed by atoms with Crippen molar-refractivity contribution in [1.82, 2.24) is 0 Å². The van der Waals surface area contributed by atoms with Crippen LogP contribution >= 0.6 is 0 Å². The van der Waals surface area contributed by atoms with Crippen molar-refractivity contribution >= 4 is 5.97 Å². The first-order chi connectivity index (χ1) is 10.6. The van der Waals surface area contributed by atoms with Crippen molar-refractivity contribution in [3.63, 3.8) is 0 Å². The molecule has 1 atom stereocenters. The number of fused-ring (bicyclic) bond motifs is 2. The van der Waals surface area contributed by atoms with Crippen LogP contribution < -0.4 is 39.4 Å². The number of rotatable bonds is 4. The number of benzene rings is 2. The second-order valence-corrected chi connectivity index (χ2v) is 5.28. The van der Waals surface area contributed by atoms with E-state index in [-0.39, 0.29) is 41.2 Å². The Morgan fingerprint density at radius 1 is 1.26 bits per heavy atom. The van der Waals surface area contributed by atoms with Crippen molar-refractivity contribution in [2.45, 2.75) is 26.4 Å². The van der Waals surface area contributed by atoms with Gasteiger partial charge in [-0.3, -0.25) is 0 Å². The van der Waals surface area contributed by atoms with Crippen LogP contribution in [0.15, 0.2) is 36.4 Å². The summed E-state index contributed by atoms with van der Waals surface area (Å²) < 4.78 is 11.4. The van der Waals surface area contributed by atoms with Gasteiger partial charge in [-0.2, -0.15) is 0 Å². The van der Waals surface area contributed by atoms with Crippen LogP contribution in [0.3, 0.4) is 0 Å². The Labute approximate surface area is 157 Å². The number of ether oxygens (including phenoxy) is 2. The fourth-order valence-electron chi connectivity index (χ4n) is 2.90. The summed E-state index contributed by atoms with van der Waals surface area (Å²) in [6.07, 6.45) is 0.210. The van der Waals surface area contributed by atoms with Crippen LogP contribution in [-0.2, 0) is 11.2 Å². The van der Waals surface area contributed by atoms with Crippen molar-refractivity contribution in [3.8, 4) is 11.5 Å². The molecule has 0 saturated heterocycles. The summed E-state index contributed by atoms with van der Waals surface area (Å²) >= 11 is 0. The fourth-order valence-corrected chi connectivity index (χ4v) is 2.90. The molecule has 0 bridgehead atoms. The maximum Gasteiger partial charge on any atom is 1.00 e. The molecule has 2 aromatic carbocycles. The monoisotopic (exact) mass is 320 g/mol. The zero-order valence-electron chi connectivity index (χ0n) is 13.6. The molecule has 114 valence electrons. The van der Waals surface area contributed by atoms with E-state index < -0.39 is 5.97 Å². The van der Waals surface area contributed by atoms with E-state index in [1.807, 2.05) is 44.2 Å². The van der Waals surface area contributed by atoms with E-state index >= 15 is 0 Å². The topological polar surface area (TPSA) is 58.6 Å². The third-order valence-corrected chi connectivity index (χ3v) is 3.92. The van der Waals surface area contributed by atoms with Gasteiger partial charge >= 0.3 is 29.6 Å². The van der Waals surface area contributed by atoms with E-state index in [9.17, 15) is 9.90 Å². The minimum atomic E-state index is -1.19. The molecule has 5 heteroatoms. The Morgan fingerprint density at radius 3 is 2.70 bits per heavy atom. The third kappa shape index (κ3) is 3.45. The molecule has 0 spiro atoms. The molecule has 0 fully saturated rings. The van der Waals surface area contributed by atoms with E-state index in [2.05, 4.69) is 0 Å². The van der Waals surface area contributed by atoms with Gasteiger partial charge in [0.25, 0.3) is 0 Å². The summed E-state index contributed by atoms with van der Waals surface area (Å²) in [6, 6.07) is 11.2. The maximum absolute atomic E-state index is 11.7. The van der Waals surface area contributed by atoms with E-state index in [4.69, 9.17) is 9.47 Å². The van der Waals surface area contributed by atoms with E-state index in [0.717, 1.165) is 11.3 Å². The van der Waals surface area contributed by atoms with Crippen LogP contribution in [0.2, 0.25) is 0 Å². The average Bonchev–Trinajstić information content (AvgIpc) is 2.51. The van der Waals surface area contributed by atoms with Gasteiger partial charge in [0.1, 0.15) is 11.5 Å². The van der Waals surface area contributed by atoms with E-state index in [0.29, 0.717) is 29.9 Å². The molecule has 3 rings (SSSR count). The van der Waals surface area contributed by atoms with Gasteiger partial charge in [-0.05, 0) is 37.1 Å². The van der Waals surface area contributed by atoms with Crippen LogP contribution in [0.25, 0.3) is 0 Å². The predicted octanol–water partition coefficient (Wildman–Crippen LogP) is -0.152. The Morgan fingerprint density at radius 2 is 2.00 bits per heavy atom. The number of aromatic carboxylic acids is 1. The zero-order valence-corrected chi connectivity index (χ0v) is 15.6. The molecule has 23 heavy (non-hydrogen) atoms. The van der Waals surface area contributed by atoms with Gasteiger partial charge in [0.2, 0.25) is 0 Å². The van der Waals surface area contributed by atoms with Gasteiger partial charge < -0.3 is 19.4 Å². The van der Waals surface area contributed by atoms with Crippen molar-refractivity contribution in [3.05, 3.63) is 58.7 Å². The van der Waals surface area contributed by atoms with Crippen LogP contribution in [0, 0.1) is 0 Å². The smallest absolute Gasteiger partial charge is 0.545 e. The molecule has 0 N–H and O–H groups in total. The number of hydrogen-bond donors (Lipinski definition) is 0. The number of para-hydroxylation sites is 1. The van der Waals surface area contributed by atoms with Gasteiger partial charge in [-0.1, -0.05) is 24.3 Å². The zero-order chi connectivity index (χ0) is 15.7. The second kappa shape index (κ2) is 7.49. The molecule has 0 aromatic heterocycles. The Bertz CT molecular complexity index is 727. The Hall–Kier alpha value is -1.33. The standard InChI is InChI=1S/C18H18O4.Na/c1-3-21-11(2)13-8-9-16-14(17(13)18(19)20)10-12-6-4-5-7-15(12)22-16;/h4-9,11H,3,10H2,1-2H3,(H,19,20);/q;+1/p-1. The molecule has 1 aliphatic rings. The Kier molecular flexibility index (Phi) is 5.87. The largest absolute Gasteiger partial charge is 1.00 e. The summed E-state index contributed by atoms with van der Waals surface area (Å²) in [5, 5.41) is 11.7. The van der Waals surface area contributed by atoms with Gasteiger partial charge in [0.05, 0.1) is 12.1 Å². The van der Waals surface area contributed by atoms with Crippen LogP contribution in [0.1, 0.15) is 47.0 Å². The van der Waals surface area contributed by atoms with Crippen molar-refractivity contribution in [1.29, 1.82) is 0 Å². The quantitative estimate of drug-likeness (QED) is 0.627. The normalized spacial score (nSPS) is 13.1. The van der Waals surface area contributed by atoms with Gasteiger partial charge in [0.15, 0.2) is 0 Å². The molecular weight excluding hydrogens is 303 g/mol. The van der Waals surface area contributed by atoms with Crippen molar-refractivity contribution in [2.24, 2.45) is 0 Å². The number of carbonyl (C=O) groups is 1. The van der Waals surface area contributed by atoms with E-state index in [1.165, 1.54) is 0 Å². The molecule has 0 radical (unpaired) electrons. The minimum Gasteiger partial charge on any atom is -0.545 e. The molecule has 4 nitrogen and oxygen atoms in total. The number of carboxylic acids is 1. The summed E-state index contributed by atoms with van der Waals surface area (Å²) in [7, 11) is 0. The molecule has 0 amide bonds. The minimum absolute atomic E-state index is 0. The fraction of sp³-hybridized carbons (Fsp3) is 0.278. The van der Waals surface area contributed by atoms with Crippen LogP contribution in [-0.4, -0.2) is 12.6 Å². The number of carbonyl (C=O) groups excluding carboxylic acids is 1. The van der Waals surface area contributed by atoms with Gasteiger partial charge in [-0.15, -0.1) is 0 Å². The molecule has 1 heterocycles. The average molecular weight is 320 g/mol. The number of carboxylic acid groups (broad SMARTS) is 1. The summed E-state index contributed by atoms with van der Waals surface area (Å²) in [5.41, 5.74) is 2.44. The van der Waals surface area contributed by atoms with Crippen molar-refractivity contribution in [2.75, 3.05) is 6.61 Å². The summed E-state index contributed by atoms with van der Waals surface area (Å²) in [4.78, 5) is 11.7. The van der Waals surface area contributed by atoms with Crippen LogP contribution in [0.5, 0.6) is 11.5 Å². The third-order valence-electron chi connectivity index (χ3n) is 3.92. The number of hydrogen-bond acceptors (Lipinski definition) is 4. The molecule has 1 aliphatic heterocycles. The molecule has 0 aliphatic carbocycles. The molecule has 0 saturated carbocycles. The first kappa shape index (κ1) is 18.0. The predicted molar refractivity (Wildman–Crippen MR) is 80.1 cm³/mol. The van der Waals surface area contributed by atoms with Gasteiger partial charge in [0, 0.05) is 24.2 Å². The first-order valence-electron chi connectivity index (χ1n) is 7.36. The van der Waals surface area contributed by atoms with Crippen LogP contribution in [0.4, 0.5) is 0 Å². The Balaban J connectivity index is 0.00000192. The molecule has 2 aromatic rings. The van der Waals surface area contributed by atoms with E-state index in [1.54, 1.807) is 6.07 Å². The van der Waals surface area contributed by atoms with Crippen molar-refractivity contribution < 1.29 is 48.9 Å². The van der Waals surface area contributed by atoms with Gasteiger partial charge in [-0.25, -0.2) is 0 Å². The molecule has 1 unspecified atom stereocenters.